The molecule has 1 aliphatic heterocycles. The van der Waals surface area contributed by atoms with Gasteiger partial charge in [-0.1, -0.05) is 25.6 Å². The van der Waals surface area contributed by atoms with Gasteiger partial charge in [-0.05, 0) is 32.5 Å². The van der Waals surface area contributed by atoms with E-state index in [9.17, 15) is 0 Å². The van der Waals surface area contributed by atoms with Gasteiger partial charge in [0, 0.05) is 23.9 Å². The summed E-state index contributed by atoms with van der Waals surface area (Å²) in [5.41, 5.74) is 4.31. The molecule has 1 saturated heterocycles. The lowest BCUT2D eigenvalue weighted by Crippen LogP contribution is -2.30. The second-order valence-corrected chi connectivity index (χ2v) is 11.2. The number of aromatic nitrogens is 1. The fourth-order valence-electron chi connectivity index (χ4n) is 2.17. The normalized spacial score (nSPS) is 19.5. The number of pyridine rings is 1. The molecule has 0 unspecified atom stereocenters. The molecule has 4 heteroatoms. The maximum Gasteiger partial charge on any atom is 0.213 e. The Morgan fingerprint density at radius 3 is 2.75 bits per heavy atom. The Labute approximate surface area is 123 Å². The number of ether oxygens (including phenoxy) is 1. The molecule has 108 valence electrons. The minimum absolute atomic E-state index is 0.531. The van der Waals surface area contributed by atoms with Crippen LogP contribution in [0.25, 0.3) is 0 Å². The van der Waals surface area contributed by atoms with Crippen LogP contribution in [-0.2, 0) is 0 Å². The zero-order chi connectivity index (χ0) is 14.6. The summed E-state index contributed by atoms with van der Waals surface area (Å²) in [6.45, 7) is 8.62. The molecule has 3 nitrogen and oxygen atoms in total. The summed E-state index contributed by atoms with van der Waals surface area (Å²) in [5, 5.41) is 0. The summed E-state index contributed by atoms with van der Waals surface area (Å²) < 4.78 is 5.77. The Hall–Kier alpha value is -1.31. The Bertz CT molecular complexity index is 496. The molecule has 1 aromatic rings. The summed E-state index contributed by atoms with van der Waals surface area (Å²) in [4.78, 5) is 6.69. The second-order valence-electron chi connectivity index (χ2n) is 6.47. The van der Waals surface area contributed by atoms with Gasteiger partial charge in [0.25, 0.3) is 0 Å². The molecule has 0 aromatic carbocycles. The van der Waals surface area contributed by atoms with Gasteiger partial charge in [-0.3, -0.25) is 0 Å². The molecule has 2 heterocycles. The molecule has 0 spiro atoms. The van der Waals surface area contributed by atoms with E-state index in [4.69, 9.17) is 4.74 Å². The molecule has 1 fully saturated rings. The summed E-state index contributed by atoms with van der Waals surface area (Å²) in [5.74, 6) is 3.90. The molecular weight excluding hydrogens is 264 g/mol. The van der Waals surface area contributed by atoms with E-state index >= 15 is 0 Å². The van der Waals surface area contributed by atoms with E-state index in [1.165, 1.54) is 19.4 Å². The summed E-state index contributed by atoms with van der Waals surface area (Å²) in [6, 6.07) is 4.44. The molecule has 1 aliphatic rings. The van der Waals surface area contributed by atoms with Crippen molar-refractivity contribution in [1.29, 1.82) is 0 Å². The minimum Gasteiger partial charge on any atom is -0.476 e. The van der Waals surface area contributed by atoms with Crippen molar-refractivity contribution in [2.45, 2.75) is 38.5 Å². The van der Waals surface area contributed by atoms with Gasteiger partial charge in [0.15, 0.2) is 0 Å². The van der Waals surface area contributed by atoms with Crippen LogP contribution in [0.4, 0.5) is 0 Å². The van der Waals surface area contributed by atoms with Crippen molar-refractivity contribution in [3.8, 4) is 17.3 Å². The van der Waals surface area contributed by atoms with Crippen LogP contribution in [0.2, 0.25) is 19.6 Å². The SMILES string of the molecule is CN1CCC[C@H]1COc1ccc(C#C[Si](C)(C)C)cn1. The Morgan fingerprint density at radius 2 is 2.20 bits per heavy atom. The van der Waals surface area contributed by atoms with Crippen LogP contribution in [0.15, 0.2) is 18.3 Å². The number of hydrogen-bond donors (Lipinski definition) is 0. The molecule has 0 amide bonds. The molecule has 0 N–H and O–H groups in total. The third kappa shape index (κ3) is 4.66. The van der Waals surface area contributed by atoms with Gasteiger partial charge in [0.2, 0.25) is 5.88 Å². The van der Waals surface area contributed by atoms with Crippen LogP contribution in [0.3, 0.4) is 0 Å². The van der Waals surface area contributed by atoms with Crippen molar-refractivity contribution in [3.05, 3.63) is 23.9 Å². The van der Waals surface area contributed by atoms with Crippen molar-refractivity contribution in [2.75, 3.05) is 20.2 Å². The summed E-state index contributed by atoms with van der Waals surface area (Å²) in [7, 11) is 0.836. The van der Waals surface area contributed by atoms with Gasteiger partial charge in [0.05, 0.1) is 0 Å². The quantitative estimate of drug-likeness (QED) is 0.632. The Morgan fingerprint density at radius 1 is 1.40 bits per heavy atom. The number of nitrogens with zero attached hydrogens (tertiary/aromatic N) is 2. The van der Waals surface area contributed by atoms with Gasteiger partial charge >= 0.3 is 0 Å². The summed E-state index contributed by atoms with van der Waals surface area (Å²) >= 11 is 0. The average molecular weight is 288 g/mol. The van der Waals surface area contributed by atoms with Crippen LogP contribution >= 0.6 is 0 Å². The van der Waals surface area contributed by atoms with Crippen LogP contribution in [0, 0.1) is 11.5 Å². The number of rotatable bonds is 3. The smallest absolute Gasteiger partial charge is 0.213 e. The van der Waals surface area contributed by atoms with E-state index in [-0.39, 0.29) is 0 Å². The zero-order valence-electron chi connectivity index (χ0n) is 12.9. The second kappa shape index (κ2) is 6.42. The third-order valence-corrected chi connectivity index (χ3v) is 4.29. The first-order valence-electron chi connectivity index (χ1n) is 7.26. The first-order valence-corrected chi connectivity index (χ1v) is 10.8. The highest BCUT2D eigenvalue weighted by Gasteiger charge is 2.21. The topological polar surface area (TPSA) is 25.4 Å². The lowest BCUT2D eigenvalue weighted by Gasteiger charge is -2.19. The van der Waals surface area contributed by atoms with E-state index < -0.39 is 8.07 Å². The van der Waals surface area contributed by atoms with E-state index in [0.717, 1.165) is 12.2 Å². The van der Waals surface area contributed by atoms with Crippen LogP contribution in [0.5, 0.6) is 5.88 Å². The first-order chi connectivity index (χ1) is 9.44. The molecule has 20 heavy (non-hydrogen) atoms. The molecule has 0 bridgehead atoms. The van der Waals surface area contributed by atoms with E-state index in [1.54, 1.807) is 6.20 Å². The standard InChI is InChI=1S/C16H24N2OSi/c1-18-10-5-6-15(18)13-19-16-8-7-14(12-17-16)9-11-20(2,3)4/h7-8,12,15H,5-6,10,13H2,1-4H3/t15-/m0/s1. The van der Waals surface area contributed by atoms with Crippen molar-refractivity contribution in [3.63, 3.8) is 0 Å². The van der Waals surface area contributed by atoms with Crippen LogP contribution < -0.4 is 4.74 Å². The van der Waals surface area contributed by atoms with Crippen molar-refractivity contribution in [2.24, 2.45) is 0 Å². The molecule has 1 aromatic heterocycles. The summed E-state index contributed by atoms with van der Waals surface area (Å²) in [6.07, 6.45) is 4.29. The van der Waals surface area contributed by atoms with E-state index in [2.05, 4.69) is 48.0 Å². The van der Waals surface area contributed by atoms with E-state index in [1.807, 2.05) is 12.1 Å². The molecule has 0 radical (unpaired) electrons. The lowest BCUT2D eigenvalue weighted by atomic mass is 10.2. The van der Waals surface area contributed by atoms with E-state index in [0.29, 0.717) is 11.9 Å². The van der Waals surface area contributed by atoms with Crippen LogP contribution in [-0.4, -0.2) is 44.2 Å². The largest absolute Gasteiger partial charge is 0.476 e. The highest BCUT2D eigenvalue weighted by Crippen LogP contribution is 2.16. The number of likely N-dealkylation sites (N-methyl/N-ethyl adjacent to an activating group) is 1. The number of likely N-dealkylation sites (tertiary alicyclic amines) is 1. The molecule has 0 aliphatic carbocycles. The van der Waals surface area contributed by atoms with Gasteiger partial charge in [0.1, 0.15) is 14.7 Å². The molecule has 1 atom stereocenters. The van der Waals surface area contributed by atoms with Crippen molar-refractivity contribution < 1.29 is 4.74 Å². The maximum atomic E-state index is 5.77. The predicted molar refractivity (Wildman–Crippen MR) is 85.6 cm³/mol. The monoisotopic (exact) mass is 288 g/mol. The maximum absolute atomic E-state index is 5.77. The van der Waals surface area contributed by atoms with Crippen molar-refractivity contribution >= 4 is 8.07 Å². The Kier molecular flexibility index (Phi) is 4.85. The molecule has 0 saturated carbocycles. The average Bonchev–Trinajstić information content (AvgIpc) is 2.80. The van der Waals surface area contributed by atoms with Crippen LogP contribution in [0.1, 0.15) is 18.4 Å². The van der Waals surface area contributed by atoms with Crippen molar-refractivity contribution in [1.82, 2.24) is 9.88 Å². The highest BCUT2D eigenvalue weighted by atomic mass is 28.3. The molecule has 2 rings (SSSR count). The van der Waals surface area contributed by atoms with Gasteiger partial charge in [-0.15, -0.1) is 5.54 Å². The Balaban J connectivity index is 1.89. The first kappa shape index (κ1) is 15.1. The fourth-order valence-corrected chi connectivity index (χ4v) is 2.69. The predicted octanol–water partition coefficient (Wildman–Crippen LogP) is 2.78. The van der Waals surface area contributed by atoms with Gasteiger partial charge in [-0.2, -0.15) is 0 Å². The minimum atomic E-state index is -1.32. The number of hydrogen-bond acceptors (Lipinski definition) is 3. The van der Waals surface area contributed by atoms with Gasteiger partial charge < -0.3 is 9.64 Å². The highest BCUT2D eigenvalue weighted by molar-refractivity contribution is 6.83. The zero-order valence-corrected chi connectivity index (χ0v) is 13.9. The fraction of sp³-hybridized carbons (Fsp3) is 0.562. The third-order valence-electron chi connectivity index (χ3n) is 3.41. The lowest BCUT2D eigenvalue weighted by molar-refractivity contribution is 0.193. The molecular formula is C16H24N2OSi. The van der Waals surface area contributed by atoms with Gasteiger partial charge in [-0.25, -0.2) is 4.98 Å².